The Labute approximate surface area is 219 Å². The quantitative estimate of drug-likeness (QED) is 0.135. The van der Waals surface area contributed by atoms with Gasteiger partial charge in [-0.15, -0.1) is 0 Å². The summed E-state index contributed by atoms with van der Waals surface area (Å²) in [5.41, 5.74) is 15.0. The molecule has 1 aromatic heterocycles. The maximum atomic E-state index is 12.8. The van der Waals surface area contributed by atoms with E-state index in [1.54, 1.807) is 27.4 Å². The first kappa shape index (κ1) is 27.6. The Balaban J connectivity index is 1.89. The van der Waals surface area contributed by atoms with E-state index < -0.39 is 6.04 Å². The number of carbonyl (C=O) groups is 1. The summed E-state index contributed by atoms with van der Waals surface area (Å²) in [6.45, 7) is 0.462. The Hall–Kier alpha value is -4.03. The van der Waals surface area contributed by atoms with Crippen LogP contribution in [0.25, 0.3) is 22.4 Å². The van der Waals surface area contributed by atoms with Crippen molar-refractivity contribution < 1.29 is 23.7 Å². The van der Waals surface area contributed by atoms with Crippen molar-refractivity contribution >= 4 is 29.1 Å². The topological polar surface area (TPSA) is 167 Å². The number of hydrogen-bond donors (Lipinski definition) is 5. The number of anilines is 1. The van der Waals surface area contributed by atoms with Crippen LogP contribution in [0.1, 0.15) is 12.8 Å². The van der Waals surface area contributed by atoms with Crippen LogP contribution in [0.5, 0.6) is 23.0 Å². The molecule has 0 saturated carbocycles. The van der Waals surface area contributed by atoms with Gasteiger partial charge in [0, 0.05) is 23.1 Å². The van der Waals surface area contributed by atoms with Crippen LogP contribution in [0, 0.1) is 5.41 Å². The molecule has 1 amide bonds. The number of guanidine groups is 1. The molecule has 0 aliphatic carbocycles. The Bertz CT molecular complexity index is 1220. The van der Waals surface area contributed by atoms with Gasteiger partial charge >= 0.3 is 0 Å². The van der Waals surface area contributed by atoms with E-state index in [0.717, 1.165) is 22.4 Å². The Kier molecular flexibility index (Phi) is 9.52. The summed E-state index contributed by atoms with van der Waals surface area (Å²) < 4.78 is 26.5. The molecule has 198 valence electrons. The van der Waals surface area contributed by atoms with E-state index in [1.807, 2.05) is 29.6 Å². The number of ether oxygens (including phenoxy) is 4. The maximum absolute atomic E-state index is 12.8. The lowest BCUT2D eigenvalue weighted by molar-refractivity contribution is -0.117. The predicted molar refractivity (Wildman–Crippen MR) is 145 cm³/mol. The van der Waals surface area contributed by atoms with E-state index in [0.29, 0.717) is 48.1 Å². The second-order valence-corrected chi connectivity index (χ2v) is 8.61. The Morgan fingerprint density at radius 2 is 1.70 bits per heavy atom. The number of amides is 1. The van der Waals surface area contributed by atoms with Crippen LogP contribution >= 0.6 is 11.5 Å². The van der Waals surface area contributed by atoms with Crippen molar-refractivity contribution in [3.05, 3.63) is 35.7 Å². The van der Waals surface area contributed by atoms with Crippen molar-refractivity contribution in [1.82, 2.24) is 9.69 Å². The van der Waals surface area contributed by atoms with Gasteiger partial charge in [-0.25, -0.2) is 0 Å². The molecule has 0 aliphatic heterocycles. The zero-order valence-electron chi connectivity index (χ0n) is 21.2. The fourth-order valence-corrected chi connectivity index (χ4v) is 4.46. The van der Waals surface area contributed by atoms with Crippen LogP contribution in [-0.4, -0.2) is 57.3 Å². The summed E-state index contributed by atoms with van der Waals surface area (Å²) in [6.07, 6.45) is 1.01. The highest BCUT2D eigenvalue weighted by Gasteiger charge is 2.20. The van der Waals surface area contributed by atoms with Gasteiger partial charge in [-0.05, 0) is 54.2 Å². The van der Waals surface area contributed by atoms with E-state index in [2.05, 4.69) is 15.0 Å². The van der Waals surface area contributed by atoms with Crippen molar-refractivity contribution in [2.75, 3.05) is 40.3 Å². The lowest BCUT2D eigenvalue weighted by atomic mass is 10.0. The SMILES string of the molecule is COc1ccc(-c2csnc2-c2cc(OC)c(OC)c(OC)c2)cc1NC(=O)[C@H](N)CCCNC(=N)N. The van der Waals surface area contributed by atoms with Gasteiger partial charge < -0.3 is 41.0 Å². The van der Waals surface area contributed by atoms with Crippen molar-refractivity contribution in [2.45, 2.75) is 18.9 Å². The number of aromatic nitrogens is 1. The molecule has 2 aromatic carbocycles. The second-order valence-electron chi connectivity index (χ2n) is 7.98. The van der Waals surface area contributed by atoms with Gasteiger partial charge in [-0.3, -0.25) is 10.2 Å². The molecular formula is C25H32N6O5S. The smallest absolute Gasteiger partial charge is 0.241 e. The minimum Gasteiger partial charge on any atom is -0.495 e. The highest BCUT2D eigenvalue weighted by Crippen LogP contribution is 2.44. The van der Waals surface area contributed by atoms with Crippen LogP contribution < -0.4 is 41.0 Å². The molecule has 0 bridgehead atoms. The second kappa shape index (κ2) is 12.8. The number of nitrogens with zero attached hydrogens (tertiary/aromatic N) is 1. The van der Waals surface area contributed by atoms with Crippen molar-refractivity contribution in [1.29, 1.82) is 5.41 Å². The fraction of sp³-hybridized carbons (Fsp3) is 0.320. The standard InChI is InChI=1S/C25H32N6O5S/c1-33-19-8-7-14(10-18(19)30-24(32)17(26)6-5-9-29-25(27)28)16-13-37-31-22(16)15-11-20(34-2)23(36-4)21(12-15)35-3/h7-8,10-13,17H,5-6,9,26H2,1-4H3,(H,30,32)(H4,27,28,29)/t17-/m1/s1. The monoisotopic (exact) mass is 528 g/mol. The minimum absolute atomic E-state index is 0.117. The van der Waals surface area contributed by atoms with E-state index >= 15 is 0 Å². The number of rotatable bonds is 12. The van der Waals surface area contributed by atoms with Gasteiger partial charge in [-0.1, -0.05) is 6.07 Å². The number of nitrogens with one attached hydrogen (secondary N) is 3. The zero-order valence-corrected chi connectivity index (χ0v) is 22.0. The first-order valence-corrected chi connectivity index (χ1v) is 12.2. The molecule has 0 radical (unpaired) electrons. The molecular weight excluding hydrogens is 496 g/mol. The van der Waals surface area contributed by atoms with Gasteiger partial charge in [0.1, 0.15) is 5.75 Å². The normalized spacial score (nSPS) is 11.4. The van der Waals surface area contributed by atoms with Crippen LogP contribution in [-0.2, 0) is 4.79 Å². The predicted octanol–water partition coefficient (Wildman–Crippen LogP) is 3.04. The van der Waals surface area contributed by atoms with Gasteiger partial charge in [0.2, 0.25) is 11.7 Å². The third-order valence-electron chi connectivity index (χ3n) is 5.62. The Morgan fingerprint density at radius 1 is 1.03 bits per heavy atom. The molecule has 12 heteroatoms. The van der Waals surface area contributed by atoms with E-state index in [1.165, 1.54) is 18.6 Å². The third-order valence-corrected chi connectivity index (χ3v) is 6.25. The van der Waals surface area contributed by atoms with Gasteiger partial charge in [0.25, 0.3) is 0 Å². The molecule has 1 heterocycles. The average molecular weight is 529 g/mol. The van der Waals surface area contributed by atoms with Crippen molar-refractivity contribution in [2.24, 2.45) is 11.5 Å². The molecule has 0 spiro atoms. The first-order chi connectivity index (χ1) is 17.8. The van der Waals surface area contributed by atoms with E-state index in [4.69, 9.17) is 35.8 Å². The van der Waals surface area contributed by atoms with Crippen LogP contribution in [0.4, 0.5) is 5.69 Å². The number of methoxy groups -OCH3 is 4. The molecule has 1 atom stereocenters. The average Bonchev–Trinajstić information content (AvgIpc) is 3.40. The molecule has 7 N–H and O–H groups in total. The molecule has 37 heavy (non-hydrogen) atoms. The molecule has 0 aliphatic rings. The molecule has 0 saturated heterocycles. The lowest BCUT2D eigenvalue weighted by Gasteiger charge is -2.16. The van der Waals surface area contributed by atoms with Crippen molar-refractivity contribution in [3.8, 4) is 45.4 Å². The summed E-state index contributed by atoms with van der Waals surface area (Å²) in [7, 11) is 6.21. The number of nitrogens with two attached hydrogens (primary N) is 2. The summed E-state index contributed by atoms with van der Waals surface area (Å²) in [6, 6.07) is 8.45. The van der Waals surface area contributed by atoms with Crippen LogP contribution in [0.3, 0.4) is 0 Å². The van der Waals surface area contributed by atoms with Crippen LogP contribution in [0.15, 0.2) is 35.7 Å². The van der Waals surface area contributed by atoms with Crippen molar-refractivity contribution in [3.63, 3.8) is 0 Å². The zero-order chi connectivity index (χ0) is 26.9. The van der Waals surface area contributed by atoms with Gasteiger partial charge in [0.05, 0.1) is 45.9 Å². The summed E-state index contributed by atoms with van der Waals surface area (Å²) >= 11 is 1.31. The van der Waals surface area contributed by atoms with E-state index in [-0.39, 0.29) is 11.9 Å². The number of hydrogen-bond acceptors (Lipinski definition) is 9. The number of carbonyl (C=O) groups excluding carboxylic acids is 1. The third kappa shape index (κ3) is 6.60. The van der Waals surface area contributed by atoms with Gasteiger partial charge in [0.15, 0.2) is 17.5 Å². The largest absolute Gasteiger partial charge is 0.495 e. The molecule has 3 aromatic rings. The summed E-state index contributed by atoms with van der Waals surface area (Å²) in [5.74, 6) is 1.57. The summed E-state index contributed by atoms with van der Waals surface area (Å²) in [4.78, 5) is 12.8. The molecule has 3 rings (SSSR count). The number of benzene rings is 2. The highest BCUT2D eigenvalue weighted by molar-refractivity contribution is 7.04. The first-order valence-electron chi connectivity index (χ1n) is 11.4. The molecule has 11 nitrogen and oxygen atoms in total. The maximum Gasteiger partial charge on any atom is 0.241 e. The molecule has 0 fully saturated rings. The summed E-state index contributed by atoms with van der Waals surface area (Å²) in [5, 5.41) is 14.7. The highest BCUT2D eigenvalue weighted by atomic mass is 32.1. The lowest BCUT2D eigenvalue weighted by Crippen LogP contribution is -2.37. The van der Waals surface area contributed by atoms with Crippen LogP contribution in [0.2, 0.25) is 0 Å². The fourth-order valence-electron chi connectivity index (χ4n) is 3.74. The Morgan fingerprint density at radius 3 is 2.30 bits per heavy atom. The minimum atomic E-state index is -0.736. The molecule has 0 unspecified atom stereocenters. The van der Waals surface area contributed by atoms with Gasteiger partial charge in [-0.2, -0.15) is 4.37 Å². The van der Waals surface area contributed by atoms with E-state index in [9.17, 15) is 4.79 Å².